The van der Waals surface area contributed by atoms with E-state index in [0.717, 1.165) is 18.4 Å². The van der Waals surface area contributed by atoms with E-state index in [2.05, 4.69) is 11.6 Å². The second-order valence-corrected chi connectivity index (χ2v) is 6.97. The van der Waals surface area contributed by atoms with Gasteiger partial charge in [-0.15, -0.1) is 0 Å². The molecule has 0 atom stereocenters. The number of rotatable bonds is 10. The molecule has 0 amide bonds. The molecule has 0 aliphatic rings. The lowest BCUT2D eigenvalue weighted by Crippen LogP contribution is -2.26. The maximum absolute atomic E-state index is 11.9. The number of benzene rings is 1. The Hall–Kier alpha value is -1.07. The lowest BCUT2D eigenvalue weighted by atomic mass is 10.1. The lowest BCUT2D eigenvalue weighted by molar-refractivity contribution is 0.567. The first kappa shape index (κ1) is 17.0. The third-order valence-electron chi connectivity index (χ3n) is 3.19. The van der Waals surface area contributed by atoms with Gasteiger partial charge in [-0.3, -0.25) is 0 Å². The Kier molecular flexibility index (Phi) is 7.62. The number of anilines is 1. The van der Waals surface area contributed by atoms with E-state index >= 15 is 0 Å². The van der Waals surface area contributed by atoms with Crippen molar-refractivity contribution in [2.24, 2.45) is 0 Å². The summed E-state index contributed by atoms with van der Waals surface area (Å²) in [5.41, 5.74) is 6.98. The summed E-state index contributed by atoms with van der Waals surface area (Å²) in [6.07, 6.45) is 6.92. The monoisotopic (exact) mass is 298 g/mol. The predicted octanol–water partition coefficient (Wildman–Crippen LogP) is 3.05. The van der Waals surface area contributed by atoms with Crippen LogP contribution in [0.3, 0.4) is 0 Å². The van der Waals surface area contributed by atoms with Gasteiger partial charge >= 0.3 is 0 Å². The Morgan fingerprint density at radius 1 is 1.00 bits per heavy atom. The number of unbranched alkanes of at least 4 members (excludes halogenated alkanes) is 5. The molecule has 0 fully saturated rings. The molecule has 0 spiro atoms. The molecular formula is C15H26N2O2S. The average molecular weight is 298 g/mol. The van der Waals surface area contributed by atoms with Gasteiger partial charge in [-0.05, 0) is 24.1 Å². The summed E-state index contributed by atoms with van der Waals surface area (Å²) >= 11 is 0. The number of hydrogen-bond donors (Lipinski definition) is 2. The molecule has 3 N–H and O–H groups in total. The highest BCUT2D eigenvalue weighted by molar-refractivity contribution is 7.88. The smallest absolute Gasteiger partial charge is 0.215 e. The highest BCUT2D eigenvalue weighted by Gasteiger charge is 2.10. The molecule has 0 bridgehead atoms. The van der Waals surface area contributed by atoms with Crippen LogP contribution in [0.5, 0.6) is 0 Å². The third-order valence-corrected chi connectivity index (χ3v) is 4.55. The van der Waals surface area contributed by atoms with Crippen molar-refractivity contribution in [3.8, 4) is 0 Å². The van der Waals surface area contributed by atoms with Crippen LogP contribution in [-0.2, 0) is 15.8 Å². The Labute approximate surface area is 122 Å². The van der Waals surface area contributed by atoms with E-state index in [1.807, 2.05) is 0 Å². The Bertz CT molecular complexity index is 469. The van der Waals surface area contributed by atoms with Crippen LogP contribution in [0.4, 0.5) is 5.69 Å². The summed E-state index contributed by atoms with van der Waals surface area (Å²) in [6, 6.07) is 6.94. The van der Waals surface area contributed by atoms with Gasteiger partial charge in [0.1, 0.15) is 0 Å². The second-order valence-electron chi connectivity index (χ2n) is 5.16. The fourth-order valence-corrected chi connectivity index (χ4v) is 3.21. The van der Waals surface area contributed by atoms with Crippen molar-refractivity contribution < 1.29 is 8.42 Å². The summed E-state index contributed by atoms with van der Waals surface area (Å²) in [5, 5.41) is 0. The van der Waals surface area contributed by atoms with Crippen LogP contribution in [0.1, 0.15) is 51.0 Å². The molecule has 114 valence electrons. The summed E-state index contributed by atoms with van der Waals surface area (Å²) in [6.45, 7) is 2.72. The number of hydrogen-bond acceptors (Lipinski definition) is 3. The summed E-state index contributed by atoms with van der Waals surface area (Å²) < 4.78 is 26.4. The normalized spacial score (nSPS) is 11.7. The molecule has 0 unspecified atom stereocenters. The standard InChI is InChI=1S/C15H26N2O2S/c1-2-3-4-5-6-7-12-17-20(18,19)13-14-8-10-15(16)11-9-14/h8-11,17H,2-7,12-13,16H2,1H3. The zero-order valence-electron chi connectivity index (χ0n) is 12.3. The van der Waals surface area contributed by atoms with Crippen molar-refractivity contribution in [1.82, 2.24) is 4.72 Å². The molecule has 1 aromatic carbocycles. The molecule has 4 nitrogen and oxygen atoms in total. The molecule has 20 heavy (non-hydrogen) atoms. The van der Waals surface area contributed by atoms with E-state index < -0.39 is 10.0 Å². The molecule has 0 saturated carbocycles. The van der Waals surface area contributed by atoms with Crippen molar-refractivity contribution in [2.75, 3.05) is 12.3 Å². The van der Waals surface area contributed by atoms with Gasteiger partial charge in [0.05, 0.1) is 5.75 Å². The minimum absolute atomic E-state index is 0.0170. The number of nitrogens with one attached hydrogen (secondary N) is 1. The maximum Gasteiger partial charge on any atom is 0.215 e. The van der Waals surface area contributed by atoms with Crippen molar-refractivity contribution >= 4 is 15.7 Å². The van der Waals surface area contributed by atoms with E-state index in [0.29, 0.717) is 12.2 Å². The third kappa shape index (κ3) is 7.50. The summed E-state index contributed by atoms with van der Waals surface area (Å²) in [5.74, 6) is 0.0170. The lowest BCUT2D eigenvalue weighted by Gasteiger charge is -2.07. The van der Waals surface area contributed by atoms with Crippen LogP contribution < -0.4 is 10.5 Å². The molecular weight excluding hydrogens is 272 g/mol. The van der Waals surface area contributed by atoms with E-state index in [1.165, 1.54) is 25.7 Å². The Morgan fingerprint density at radius 3 is 2.25 bits per heavy atom. The van der Waals surface area contributed by atoms with Gasteiger partial charge in [0, 0.05) is 12.2 Å². The Balaban J connectivity index is 2.23. The topological polar surface area (TPSA) is 72.2 Å². The van der Waals surface area contributed by atoms with E-state index in [9.17, 15) is 8.42 Å². The van der Waals surface area contributed by atoms with Gasteiger partial charge < -0.3 is 5.73 Å². The van der Waals surface area contributed by atoms with Gasteiger partial charge in [0.2, 0.25) is 10.0 Å². The molecule has 0 aliphatic carbocycles. The van der Waals surface area contributed by atoms with E-state index in [1.54, 1.807) is 24.3 Å². The molecule has 0 aliphatic heterocycles. The van der Waals surface area contributed by atoms with Crippen LogP contribution in [0, 0.1) is 0 Å². The largest absolute Gasteiger partial charge is 0.399 e. The molecule has 1 rings (SSSR count). The number of nitrogen functional groups attached to an aromatic ring is 1. The van der Waals surface area contributed by atoms with Crippen molar-refractivity contribution in [1.29, 1.82) is 0 Å². The van der Waals surface area contributed by atoms with Gasteiger partial charge in [-0.1, -0.05) is 51.2 Å². The van der Waals surface area contributed by atoms with Crippen molar-refractivity contribution in [2.45, 2.75) is 51.2 Å². The molecule has 0 saturated heterocycles. The molecule has 0 aromatic heterocycles. The average Bonchev–Trinajstić information content (AvgIpc) is 2.40. The van der Waals surface area contributed by atoms with Gasteiger partial charge in [-0.2, -0.15) is 0 Å². The summed E-state index contributed by atoms with van der Waals surface area (Å²) in [7, 11) is -3.24. The predicted molar refractivity (Wildman–Crippen MR) is 84.9 cm³/mol. The molecule has 0 radical (unpaired) electrons. The van der Waals surface area contributed by atoms with Gasteiger partial charge in [0.25, 0.3) is 0 Å². The zero-order valence-corrected chi connectivity index (χ0v) is 13.1. The minimum Gasteiger partial charge on any atom is -0.399 e. The molecule has 0 heterocycles. The molecule has 1 aromatic rings. The van der Waals surface area contributed by atoms with Crippen LogP contribution in [0.15, 0.2) is 24.3 Å². The first-order valence-electron chi connectivity index (χ1n) is 7.35. The fourth-order valence-electron chi connectivity index (χ4n) is 2.02. The maximum atomic E-state index is 11.9. The second kappa shape index (κ2) is 8.97. The first-order chi connectivity index (χ1) is 9.53. The van der Waals surface area contributed by atoms with Crippen LogP contribution in [0.2, 0.25) is 0 Å². The zero-order chi connectivity index (χ0) is 14.8. The van der Waals surface area contributed by atoms with Gasteiger partial charge in [-0.25, -0.2) is 13.1 Å². The van der Waals surface area contributed by atoms with Crippen molar-refractivity contribution in [3.05, 3.63) is 29.8 Å². The quantitative estimate of drug-likeness (QED) is 0.515. The highest BCUT2D eigenvalue weighted by atomic mass is 32.2. The Morgan fingerprint density at radius 2 is 1.60 bits per heavy atom. The summed E-state index contributed by atoms with van der Waals surface area (Å²) in [4.78, 5) is 0. The van der Waals surface area contributed by atoms with Crippen LogP contribution in [-0.4, -0.2) is 15.0 Å². The minimum atomic E-state index is -3.24. The SMILES string of the molecule is CCCCCCCCNS(=O)(=O)Cc1ccc(N)cc1. The number of sulfonamides is 1. The number of nitrogens with two attached hydrogens (primary N) is 1. The van der Waals surface area contributed by atoms with Gasteiger partial charge in [0.15, 0.2) is 0 Å². The van der Waals surface area contributed by atoms with E-state index in [-0.39, 0.29) is 5.75 Å². The molecule has 5 heteroatoms. The van der Waals surface area contributed by atoms with Crippen LogP contribution in [0.25, 0.3) is 0 Å². The fraction of sp³-hybridized carbons (Fsp3) is 0.600. The van der Waals surface area contributed by atoms with Crippen molar-refractivity contribution in [3.63, 3.8) is 0 Å². The highest BCUT2D eigenvalue weighted by Crippen LogP contribution is 2.09. The van der Waals surface area contributed by atoms with Crippen LogP contribution >= 0.6 is 0 Å². The first-order valence-corrected chi connectivity index (χ1v) is 9.00. The van der Waals surface area contributed by atoms with E-state index in [4.69, 9.17) is 5.73 Å².